The summed E-state index contributed by atoms with van der Waals surface area (Å²) in [5.41, 5.74) is 0.687. The molecule has 0 atom stereocenters. The van der Waals surface area contributed by atoms with E-state index in [2.05, 4.69) is 15.1 Å². The van der Waals surface area contributed by atoms with Gasteiger partial charge in [0.15, 0.2) is 0 Å². The van der Waals surface area contributed by atoms with Crippen LogP contribution in [-0.4, -0.2) is 43.8 Å². The maximum atomic E-state index is 12.2. The van der Waals surface area contributed by atoms with Crippen LogP contribution in [0.15, 0.2) is 24.8 Å². The molecule has 6 nitrogen and oxygen atoms in total. The largest absolute Gasteiger partial charge is 0.408 e. The molecule has 2 heterocycles. The van der Waals surface area contributed by atoms with Crippen LogP contribution < -0.4 is 0 Å². The number of rotatable bonds is 4. The highest BCUT2D eigenvalue weighted by Gasteiger charge is 2.29. The molecule has 0 fully saturated rings. The SMILES string of the molecule is CN(Cc1cnc[nH]1)C(=O)c1ccn(CC(F)(F)F)n1. The summed E-state index contributed by atoms with van der Waals surface area (Å²) in [7, 11) is 1.53. The summed E-state index contributed by atoms with van der Waals surface area (Å²) in [4.78, 5) is 20.0. The van der Waals surface area contributed by atoms with Crippen LogP contribution in [0.4, 0.5) is 13.2 Å². The molecule has 0 unspecified atom stereocenters. The number of H-pyrrole nitrogens is 1. The Hall–Kier alpha value is -2.32. The third-order valence-corrected chi connectivity index (χ3v) is 2.51. The molecule has 0 saturated carbocycles. The predicted octanol–water partition coefficient (Wildman–Crippen LogP) is 1.44. The third kappa shape index (κ3) is 3.59. The number of aromatic nitrogens is 4. The van der Waals surface area contributed by atoms with E-state index >= 15 is 0 Å². The summed E-state index contributed by atoms with van der Waals surface area (Å²) in [5.74, 6) is -0.458. The van der Waals surface area contributed by atoms with Crippen molar-refractivity contribution in [2.45, 2.75) is 19.3 Å². The lowest BCUT2D eigenvalue weighted by atomic mass is 10.3. The molecule has 0 aromatic carbocycles. The van der Waals surface area contributed by atoms with Crippen molar-refractivity contribution >= 4 is 5.91 Å². The molecule has 1 amide bonds. The summed E-state index contributed by atoms with van der Waals surface area (Å²) in [6, 6.07) is 1.26. The molecule has 0 aliphatic heterocycles. The van der Waals surface area contributed by atoms with Gasteiger partial charge in [-0.2, -0.15) is 18.3 Å². The van der Waals surface area contributed by atoms with Gasteiger partial charge in [0, 0.05) is 19.4 Å². The number of imidazole rings is 1. The second kappa shape index (κ2) is 5.35. The summed E-state index contributed by atoms with van der Waals surface area (Å²) < 4.78 is 37.3. The molecule has 9 heteroatoms. The lowest BCUT2D eigenvalue weighted by molar-refractivity contribution is -0.142. The Bertz CT molecular complexity index is 575. The summed E-state index contributed by atoms with van der Waals surface area (Å²) in [6.07, 6.45) is -0.198. The Morgan fingerprint density at radius 2 is 2.25 bits per heavy atom. The molecule has 0 aliphatic rings. The van der Waals surface area contributed by atoms with Crippen LogP contribution in [-0.2, 0) is 13.1 Å². The maximum Gasteiger partial charge on any atom is 0.408 e. The van der Waals surface area contributed by atoms with Crippen molar-refractivity contribution in [3.05, 3.63) is 36.2 Å². The second-order valence-electron chi connectivity index (χ2n) is 4.25. The molecule has 1 N–H and O–H groups in total. The van der Waals surface area contributed by atoms with E-state index in [9.17, 15) is 18.0 Å². The standard InChI is InChI=1S/C11H12F3N5O/c1-18(5-8-4-15-7-16-8)10(20)9-2-3-19(17-9)6-11(12,13)14/h2-4,7H,5-6H2,1H3,(H,15,16). The minimum absolute atomic E-state index is 0.0312. The number of halogens is 3. The van der Waals surface area contributed by atoms with Crippen molar-refractivity contribution in [3.8, 4) is 0 Å². The van der Waals surface area contributed by atoms with Gasteiger partial charge in [-0.05, 0) is 6.07 Å². The summed E-state index contributed by atoms with van der Waals surface area (Å²) in [6.45, 7) is -0.949. The fraction of sp³-hybridized carbons (Fsp3) is 0.364. The average Bonchev–Trinajstić information content (AvgIpc) is 2.97. The maximum absolute atomic E-state index is 12.2. The number of hydrogen-bond acceptors (Lipinski definition) is 3. The number of carbonyl (C=O) groups is 1. The first kappa shape index (κ1) is 14.1. The van der Waals surface area contributed by atoms with E-state index < -0.39 is 18.6 Å². The quantitative estimate of drug-likeness (QED) is 0.925. The molecule has 0 bridgehead atoms. The molecule has 0 radical (unpaired) electrons. The van der Waals surface area contributed by atoms with Crippen molar-refractivity contribution in [2.75, 3.05) is 7.05 Å². The highest BCUT2D eigenvalue weighted by Crippen LogP contribution is 2.17. The van der Waals surface area contributed by atoms with Crippen LogP contribution in [0, 0.1) is 0 Å². The number of hydrogen-bond donors (Lipinski definition) is 1. The van der Waals surface area contributed by atoms with Gasteiger partial charge in [-0.1, -0.05) is 0 Å². The Labute approximate surface area is 112 Å². The molecule has 0 aliphatic carbocycles. The van der Waals surface area contributed by atoms with Crippen LogP contribution in [0.2, 0.25) is 0 Å². The Morgan fingerprint density at radius 1 is 1.50 bits per heavy atom. The first-order chi connectivity index (χ1) is 9.35. The summed E-state index contributed by atoms with van der Waals surface area (Å²) in [5, 5.41) is 3.63. The van der Waals surface area contributed by atoms with Crippen molar-refractivity contribution in [1.29, 1.82) is 0 Å². The number of alkyl halides is 3. The molecule has 0 spiro atoms. The van der Waals surface area contributed by atoms with Crippen molar-refractivity contribution < 1.29 is 18.0 Å². The zero-order valence-corrected chi connectivity index (χ0v) is 10.6. The Morgan fingerprint density at radius 3 is 2.85 bits per heavy atom. The fourth-order valence-electron chi connectivity index (χ4n) is 1.64. The molecule has 108 valence electrons. The van der Waals surface area contributed by atoms with Gasteiger partial charge < -0.3 is 9.88 Å². The smallest absolute Gasteiger partial charge is 0.347 e. The van der Waals surface area contributed by atoms with E-state index in [0.29, 0.717) is 4.68 Å². The van der Waals surface area contributed by atoms with Crippen LogP contribution in [0.1, 0.15) is 16.2 Å². The minimum atomic E-state index is -4.37. The van der Waals surface area contributed by atoms with Crippen LogP contribution in [0.3, 0.4) is 0 Å². The topological polar surface area (TPSA) is 66.8 Å². The van der Waals surface area contributed by atoms with Crippen molar-refractivity contribution in [2.24, 2.45) is 0 Å². The molecule has 2 rings (SSSR count). The first-order valence-electron chi connectivity index (χ1n) is 5.68. The van der Waals surface area contributed by atoms with E-state index in [0.717, 1.165) is 11.9 Å². The van der Waals surface area contributed by atoms with Gasteiger partial charge in [0.2, 0.25) is 0 Å². The van der Waals surface area contributed by atoms with E-state index in [1.54, 1.807) is 6.20 Å². The zero-order chi connectivity index (χ0) is 14.8. The van der Waals surface area contributed by atoms with Crippen LogP contribution >= 0.6 is 0 Å². The van der Waals surface area contributed by atoms with Crippen molar-refractivity contribution in [1.82, 2.24) is 24.6 Å². The monoisotopic (exact) mass is 287 g/mol. The molecular weight excluding hydrogens is 275 g/mol. The number of aromatic amines is 1. The van der Waals surface area contributed by atoms with Crippen LogP contribution in [0.5, 0.6) is 0 Å². The normalized spacial score (nSPS) is 11.6. The molecule has 2 aromatic heterocycles. The van der Waals surface area contributed by atoms with Crippen LogP contribution in [0.25, 0.3) is 0 Å². The molecular formula is C11H12F3N5O. The van der Waals surface area contributed by atoms with E-state index in [-0.39, 0.29) is 12.2 Å². The van der Waals surface area contributed by atoms with E-state index in [1.807, 2.05) is 0 Å². The number of amides is 1. The van der Waals surface area contributed by atoms with E-state index in [4.69, 9.17) is 0 Å². The van der Waals surface area contributed by atoms with Gasteiger partial charge >= 0.3 is 6.18 Å². The first-order valence-corrected chi connectivity index (χ1v) is 5.68. The highest BCUT2D eigenvalue weighted by molar-refractivity contribution is 5.91. The Balaban J connectivity index is 2.02. The average molecular weight is 287 g/mol. The van der Waals surface area contributed by atoms with Gasteiger partial charge in [0.1, 0.15) is 12.2 Å². The predicted molar refractivity (Wildman–Crippen MR) is 62.7 cm³/mol. The van der Waals surface area contributed by atoms with Gasteiger partial charge in [0.25, 0.3) is 5.91 Å². The molecule has 2 aromatic rings. The van der Waals surface area contributed by atoms with Gasteiger partial charge in [-0.15, -0.1) is 0 Å². The highest BCUT2D eigenvalue weighted by atomic mass is 19.4. The zero-order valence-electron chi connectivity index (χ0n) is 10.6. The summed E-state index contributed by atoms with van der Waals surface area (Å²) >= 11 is 0. The van der Waals surface area contributed by atoms with E-state index in [1.165, 1.54) is 24.3 Å². The Kier molecular flexibility index (Phi) is 3.77. The second-order valence-corrected chi connectivity index (χ2v) is 4.25. The number of carbonyl (C=O) groups excluding carboxylic acids is 1. The van der Waals surface area contributed by atoms with Crippen molar-refractivity contribution in [3.63, 3.8) is 0 Å². The minimum Gasteiger partial charge on any atom is -0.347 e. The molecule has 0 saturated heterocycles. The van der Waals surface area contributed by atoms with Gasteiger partial charge in [-0.3, -0.25) is 9.48 Å². The number of nitrogens with one attached hydrogen (secondary N) is 1. The lowest BCUT2D eigenvalue weighted by Gasteiger charge is -2.14. The van der Waals surface area contributed by atoms with Gasteiger partial charge in [0.05, 0.1) is 18.6 Å². The third-order valence-electron chi connectivity index (χ3n) is 2.51. The number of nitrogens with zero attached hydrogens (tertiary/aromatic N) is 4. The fourth-order valence-corrected chi connectivity index (χ4v) is 1.64. The molecule has 20 heavy (non-hydrogen) atoms. The lowest BCUT2D eigenvalue weighted by Crippen LogP contribution is -2.27. The van der Waals surface area contributed by atoms with Gasteiger partial charge in [-0.25, -0.2) is 4.98 Å².